The molecule has 4 N–H and O–H groups in total. The van der Waals surface area contributed by atoms with E-state index in [2.05, 4.69) is 0 Å². The van der Waals surface area contributed by atoms with Crippen LogP contribution in [-0.2, 0) is 0 Å². The minimum Gasteiger partial charge on any atom is -0.495 e. The molecule has 0 aliphatic rings. The van der Waals surface area contributed by atoms with Gasteiger partial charge in [0.25, 0.3) is 0 Å². The molecular formula is C10H14N2O. The van der Waals surface area contributed by atoms with E-state index in [1.165, 1.54) is 0 Å². The van der Waals surface area contributed by atoms with Crippen molar-refractivity contribution < 1.29 is 4.74 Å². The lowest BCUT2D eigenvalue weighted by atomic mass is 10.1. The first kappa shape index (κ1) is 9.45. The molecule has 0 bridgehead atoms. The zero-order chi connectivity index (χ0) is 9.84. The fourth-order valence-corrected chi connectivity index (χ4v) is 1.14. The fraction of sp³-hybridized carbons (Fsp3) is 0.200. The number of nitrogen functional groups attached to an aromatic ring is 2. The summed E-state index contributed by atoms with van der Waals surface area (Å²) in [5.41, 5.74) is 13.5. The van der Waals surface area contributed by atoms with Gasteiger partial charge in [-0.3, -0.25) is 0 Å². The number of methoxy groups -OCH3 is 1. The van der Waals surface area contributed by atoms with Crippen molar-refractivity contribution in [2.45, 2.75) is 6.92 Å². The van der Waals surface area contributed by atoms with Gasteiger partial charge in [0.05, 0.1) is 18.5 Å². The molecular weight excluding hydrogens is 164 g/mol. The second-order valence-electron chi connectivity index (χ2n) is 2.68. The van der Waals surface area contributed by atoms with Gasteiger partial charge < -0.3 is 16.2 Å². The van der Waals surface area contributed by atoms with Crippen molar-refractivity contribution in [2.75, 3.05) is 18.6 Å². The van der Waals surface area contributed by atoms with Crippen LogP contribution in [0.3, 0.4) is 0 Å². The highest BCUT2D eigenvalue weighted by Gasteiger charge is 2.05. The third-order valence-corrected chi connectivity index (χ3v) is 1.85. The Morgan fingerprint density at radius 1 is 1.23 bits per heavy atom. The maximum absolute atomic E-state index is 5.79. The monoisotopic (exact) mass is 178 g/mol. The van der Waals surface area contributed by atoms with Crippen molar-refractivity contribution in [3.63, 3.8) is 0 Å². The molecule has 0 fully saturated rings. The van der Waals surface area contributed by atoms with Gasteiger partial charge in [0, 0.05) is 0 Å². The van der Waals surface area contributed by atoms with Gasteiger partial charge in [0.1, 0.15) is 5.75 Å². The summed E-state index contributed by atoms with van der Waals surface area (Å²) in [6.07, 6.45) is 3.82. The summed E-state index contributed by atoms with van der Waals surface area (Å²) in [5.74, 6) is 0.616. The highest BCUT2D eigenvalue weighted by atomic mass is 16.5. The Morgan fingerprint density at radius 2 is 1.92 bits per heavy atom. The highest BCUT2D eigenvalue weighted by molar-refractivity contribution is 5.80. The first-order valence-electron chi connectivity index (χ1n) is 4.05. The van der Waals surface area contributed by atoms with Crippen molar-refractivity contribution >= 4 is 17.5 Å². The lowest BCUT2D eigenvalue weighted by molar-refractivity contribution is 0.417. The molecule has 1 rings (SSSR count). The van der Waals surface area contributed by atoms with Crippen LogP contribution >= 0.6 is 0 Å². The molecule has 0 atom stereocenters. The minimum absolute atomic E-state index is 0.498. The fourth-order valence-electron chi connectivity index (χ4n) is 1.14. The topological polar surface area (TPSA) is 61.3 Å². The van der Waals surface area contributed by atoms with Gasteiger partial charge in [0.15, 0.2) is 0 Å². The molecule has 1 aromatic rings. The molecule has 0 aliphatic heterocycles. The van der Waals surface area contributed by atoms with Crippen molar-refractivity contribution in [1.82, 2.24) is 0 Å². The molecule has 13 heavy (non-hydrogen) atoms. The summed E-state index contributed by atoms with van der Waals surface area (Å²) < 4.78 is 5.03. The predicted octanol–water partition coefficient (Wildman–Crippen LogP) is 1.89. The van der Waals surface area contributed by atoms with Crippen LogP contribution in [-0.4, -0.2) is 7.11 Å². The molecule has 0 saturated carbocycles. The molecule has 70 valence electrons. The number of anilines is 2. The van der Waals surface area contributed by atoms with Crippen LogP contribution in [0.15, 0.2) is 18.2 Å². The van der Waals surface area contributed by atoms with Gasteiger partial charge >= 0.3 is 0 Å². The molecule has 0 heterocycles. The zero-order valence-corrected chi connectivity index (χ0v) is 7.87. The van der Waals surface area contributed by atoms with Crippen molar-refractivity contribution in [3.05, 3.63) is 23.8 Å². The summed E-state index contributed by atoms with van der Waals surface area (Å²) in [5, 5.41) is 0. The summed E-state index contributed by atoms with van der Waals surface area (Å²) in [6, 6.07) is 3.69. The molecule has 0 amide bonds. The van der Waals surface area contributed by atoms with Crippen LogP contribution in [0.4, 0.5) is 11.4 Å². The summed E-state index contributed by atoms with van der Waals surface area (Å²) >= 11 is 0. The van der Waals surface area contributed by atoms with Gasteiger partial charge in [-0.15, -0.1) is 0 Å². The highest BCUT2D eigenvalue weighted by Crippen LogP contribution is 2.30. The maximum atomic E-state index is 5.79. The minimum atomic E-state index is 0.498. The lowest BCUT2D eigenvalue weighted by Gasteiger charge is -2.09. The van der Waals surface area contributed by atoms with Crippen molar-refractivity contribution in [2.24, 2.45) is 0 Å². The third kappa shape index (κ3) is 1.75. The quantitative estimate of drug-likeness (QED) is 0.680. The molecule has 0 radical (unpaired) electrons. The van der Waals surface area contributed by atoms with Gasteiger partial charge in [-0.05, 0) is 24.6 Å². The molecule has 0 aromatic heterocycles. The van der Waals surface area contributed by atoms with E-state index in [0.29, 0.717) is 17.1 Å². The number of hydrogen-bond donors (Lipinski definition) is 2. The Balaban J connectivity index is 3.22. The molecule has 1 aromatic carbocycles. The number of rotatable bonds is 2. The average molecular weight is 178 g/mol. The molecule has 0 aliphatic carbocycles. The number of benzene rings is 1. The Morgan fingerprint density at radius 3 is 2.46 bits per heavy atom. The van der Waals surface area contributed by atoms with Crippen LogP contribution in [0, 0.1) is 0 Å². The standard InChI is InChI=1S/C10H14N2O/c1-3-4-7-5-6-8(13-2)10(12)9(7)11/h3-6H,11-12H2,1-2H3/b4-3+. The molecule has 0 spiro atoms. The van der Waals surface area contributed by atoms with Crippen molar-refractivity contribution in [3.8, 4) is 5.75 Å². The second-order valence-corrected chi connectivity index (χ2v) is 2.68. The SMILES string of the molecule is C/C=C/c1ccc(OC)c(N)c1N. The van der Waals surface area contributed by atoms with Crippen LogP contribution in [0.25, 0.3) is 6.08 Å². The number of nitrogens with two attached hydrogens (primary N) is 2. The first-order valence-corrected chi connectivity index (χ1v) is 4.05. The Hall–Kier alpha value is -1.64. The van der Waals surface area contributed by atoms with Gasteiger partial charge in [0.2, 0.25) is 0 Å². The van der Waals surface area contributed by atoms with Gasteiger partial charge in [-0.2, -0.15) is 0 Å². The number of ether oxygens (including phenoxy) is 1. The van der Waals surface area contributed by atoms with E-state index in [0.717, 1.165) is 5.56 Å². The van der Waals surface area contributed by atoms with E-state index in [-0.39, 0.29) is 0 Å². The number of hydrogen-bond acceptors (Lipinski definition) is 3. The third-order valence-electron chi connectivity index (χ3n) is 1.85. The lowest BCUT2D eigenvalue weighted by Crippen LogP contribution is -2.00. The van der Waals surface area contributed by atoms with Gasteiger partial charge in [-0.25, -0.2) is 0 Å². The summed E-state index contributed by atoms with van der Waals surface area (Å²) in [4.78, 5) is 0. The molecule has 3 heteroatoms. The van der Waals surface area contributed by atoms with E-state index < -0.39 is 0 Å². The second kappa shape index (κ2) is 3.85. The molecule has 0 saturated heterocycles. The van der Waals surface area contributed by atoms with E-state index in [1.807, 2.05) is 25.1 Å². The maximum Gasteiger partial charge on any atom is 0.143 e. The predicted molar refractivity (Wildman–Crippen MR) is 56.5 cm³/mol. The van der Waals surface area contributed by atoms with E-state index >= 15 is 0 Å². The molecule has 3 nitrogen and oxygen atoms in total. The summed E-state index contributed by atoms with van der Waals surface area (Å²) in [7, 11) is 1.57. The van der Waals surface area contributed by atoms with Gasteiger partial charge in [-0.1, -0.05) is 12.2 Å². The largest absolute Gasteiger partial charge is 0.495 e. The average Bonchev–Trinajstić information content (AvgIpc) is 2.14. The first-order chi connectivity index (χ1) is 6.20. The van der Waals surface area contributed by atoms with Crippen LogP contribution in [0.1, 0.15) is 12.5 Å². The smallest absolute Gasteiger partial charge is 0.143 e. The Bertz CT molecular complexity index is 332. The Kier molecular flexibility index (Phi) is 2.80. The van der Waals surface area contributed by atoms with E-state index in [4.69, 9.17) is 16.2 Å². The van der Waals surface area contributed by atoms with Crippen LogP contribution in [0.5, 0.6) is 5.75 Å². The normalized spacial score (nSPS) is 10.6. The van der Waals surface area contributed by atoms with Crippen LogP contribution in [0.2, 0.25) is 0 Å². The Labute approximate surface area is 78.0 Å². The molecule has 0 unspecified atom stereocenters. The van der Waals surface area contributed by atoms with Crippen LogP contribution < -0.4 is 16.2 Å². The van der Waals surface area contributed by atoms with E-state index in [1.54, 1.807) is 13.2 Å². The summed E-state index contributed by atoms with van der Waals surface area (Å²) in [6.45, 7) is 1.93. The number of allylic oxidation sites excluding steroid dienone is 1. The van der Waals surface area contributed by atoms with E-state index in [9.17, 15) is 0 Å². The van der Waals surface area contributed by atoms with Crippen molar-refractivity contribution in [1.29, 1.82) is 0 Å². The zero-order valence-electron chi connectivity index (χ0n) is 7.87.